The van der Waals surface area contributed by atoms with Crippen molar-refractivity contribution in [2.45, 2.75) is 6.92 Å². The lowest BCUT2D eigenvalue weighted by Gasteiger charge is -1.95. The third-order valence-electron chi connectivity index (χ3n) is 1.23. The molecule has 0 fully saturated rings. The first-order chi connectivity index (χ1) is 4.75. The Morgan fingerprint density at radius 1 is 1.60 bits per heavy atom. The van der Waals surface area contributed by atoms with Crippen molar-refractivity contribution in [3.8, 4) is 12.3 Å². The summed E-state index contributed by atoms with van der Waals surface area (Å²) in [4.78, 5) is 3.62. The van der Waals surface area contributed by atoms with Crippen LogP contribution in [0.2, 0.25) is 0 Å². The smallest absolute Gasteiger partial charge is 0.157 e. The van der Waals surface area contributed by atoms with Crippen molar-refractivity contribution in [2.24, 2.45) is 0 Å². The highest BCUT2D eigenvalue weighted by Gasteiger charge is 2.00. The Morgan fingerprint density at radius 3 is 2.70 bits per heavy atom. The van der Waals surface area contributed by atoms with Gasteiger partial charge in [0, 0.05) is 6.20 Å². The van der Waals surface area contributed by atoms with Crippen LogP contribution in [0.25, 0.3) is 0 Å². The summed E-state index contributed by atoms with van der Waals surface area (Å²) in [5.74, 6) is 1.82. The fraction of sp³-hybridized carbons (Fsp3) is 0.125. The first-order valence-electron chi connectivity index (χ1n) is 2.82. The van der Waals surface area contributed by atoms with Gasteiger partial charge in [0.05, 0.1) is 11.8 Å². The Hall–Kier alpha value is -1.36. The summed E-state index contributed by atoms with van der Waals surface area (Å²) in [6, 6.07) is 0. The van der Waals surface area contributed by atoms with Gasteiger partial charge in [-0.3, -0.25) is 4.98 Å². The number of terminal acetylenes is 1. The average molecular weight is 135 g/mol. The number of aryl methyl sites for hydroxylation is 1. The second-order valence-corrected chi connectivity index (χ2v) is 1.96. The molecule has 1 aromatic rings. The number of hydrogen-bond donors (Lipinski definition) is 0. The van der Waals surface area contributed by atoms with E-state index in [2.05, 4.69) is 10.9 Å². The molecule has 0 aromatic carbocycles. The van der Waals surface area contributed by atoms with Crippen LogP contribution in [0.1, 0.15) is 11.1 Å². The summed E-state index contributed by atoms with van der Waals surface area (Å²) in [6.45, 7) is 1.73. The van der Waals surface area contributed by atoms with Gasteiger partial charge in [-0.2, -0.15) is 0 Å². The molecule has 0 amide bonds. The Balaban J connectivity index is 3.34. The molecule has 1 rings (SSSR count). The predicted octanol–water partition coefficient (Wildman–Crippen LogP) is 1.51. The average Bonchev–Trinajstić information content (AvgIpc) is 1.88. The summed E-state index contributed by atoms with van der Waals surface area (Å²) in [7, 11) is 0. The molecule has 2 heteroatoms. The van der Waals surface area contributed by atoms with E-state index < -0.39 is 5.82 Å². The third kappa shape index (κ3) is 0.985. The molecule has 0 saturated heterocycles. The third-order valence-corrected chi connectivity index (χ3v) is 1.23. The summed E-state index contributed by atoms with van der Waals surface area (Å²) < 4.78 is 12.6. The van der Waals surface area contributed by atoms with Gasteiger partial charge in [-0.1, -0.05) is 5.92 Å². The second kappa shape index (κ2) is 2.49. The number of halogens is 1. The SMILES string of the molecule is C#Cc1c(C)cncc1F. The van der Waals surface area contributed by atoms with Gasteiger partial charge in [0.2, 0.25) is 0 Å². The van der Waals surface area contributed by atoms with E-state index in [-0.39, 0.29) is 0 Å². The minimum Gasteiger partial charge on any atom is -0.261 e. The van der Waals surface area contributed by atoms with Gasteiger partial charge in [0.1, 0.15) is 0 Å². The maximum Gasteiger partial charge on any atom is 0.157 e. The van der Waals surface area contributed by atoms with E-state index in [0.29, 0.717) is 11.1 Å². The molecule has 0 saturated carbocycles. The molecule has 0 N–H and O–H groups in total. The number of pyridine rings is 1. The fourth-order valence-electron chi connectivity index (χ4n) is 0.715. The molecule has 1 heterocycles. The number of rotatable bonds is 0. The molecule has 0 aliphatic heterocycles. The van der Waals surface area contributed by atoms with Crippen LogP contribution >= 0.6 is 0 Å². The van der Waals surface area contributed by atoms with E-state index in [1.54, 1.807) is 6.92 Å². The summed E-state index contributed by atoms with van der Waals surface area (Å²) in [5.41, 5.74) is 0.998. The van der Waals surface area contributed by atoms with Crippen molar-refractivity contribution in [1.82, 2.24) is 4.98 Å². The highest BCUT2D eigenvalue weighted by atomic mass is 19.1. The minimum absolute atomic E-state index is 0.301. The molecule has 0 radical (unpaired) electrons. The van der Waals surface area contributed by atoms with Gasteiger partial charge >= 0.3 is 0 Å². The van der Waals surface area contributed by atoms with E-state index in [9.17, 15) is 4.39 Å². The van der Waals surface area contributed by atoms with Crippen molar-refractivity contribution in [3.05, 3.63) is 29.3 Å². The summed E-state index contributed by atoms with van der Waals surface area (Å²) in [5, 5.41) is 0. The largest absolute Gasteiger partial charge is 0.261 e. The van der Waals surface area contributed by atoms with Crippen LogP contribution in [0.4, 0.5) is 4.39 Å². The Labute approximate surface area is 58.9 Å². The monoisotopic (exact) mass is 135 g/mol. The molecule has 0 aliphatic rings. The normalized spacial score (nSPS) is 8.90. The van der Waals surface area contributed by atoms with E-state index in [1.807, 2.05) is 0 Å². The standard InChI is InChI=1S/C8H6FN/c1-3-7-6(2)4-10-5-8(7)9/h1,4-5H,2H3. The molecule has 0 atom stereocenters. The van der Waals surface area contributed by atoms with E-state index in [4.69, 9.17) is 6.42 Å². The van der Waals surface area contributed by atoms with Crippen LogP contribution in [-0.2, 0) is 0 Å². The lowest BCUT2D eigenvalue weighted by molar-refractivity contribution is 0.616. The van der Waals surface area contributed by atoms with Gasteiger partial charge < -0.3 is 0 Å². The zero-order chi connectivity index (χ0) is 7.56. The minimum atomic E-state index is -0.428. The van der Waals surface area contributed by atoms with Crippen molar-refractivity contribution in [1.29, 1.82) is 0 Å². The van der Waals surface area contributed by atoms with E-state index in [1.165, 1.54) is 6.20 Å². The summed E-state index contributed by atoms with van der Waals surface area (Å²) >= 11 is 0. The van der Waals surface area contributed by atoms with Gasteiger partial charge in [-0.15, -0.1) is 6.42 Å². The fourth-order valence-corrected chi connectivity index (χ4v) is 0.715. The van der Waals surface area contributed by atoms with Crippen LogP contribution in [0.15, 0.2) is 12.4 Å². The number of hydrogen-bond acceptors (Lipinski definition) is 1. The zero-order valence-electron chi connectivity index (χ0n) is 5.56. The highest BCUT2D eigenvalue weighted by Crippen LogP contribution is 2.07. The van der Waals surface area contributed by atoms with Crippen molar-refractivity contribution in [3.63, 3.8) is 0 Å². The van der Waals surface area contributed by atoms with E-state index >= 15 is 0 Å². The first kappa shape index (κ1) is 6.76. The quantitative estimate of drug-likeness (QED) is 0.491. The van der Waals surface area contributed by atoms with Gasteiger partial charge in [-0.05, 0) is 12.5 Å². The topological polar surface area (TPSA) is 12.9 Å². The molecule has 0 spiro atoms. The molecular weight excluding hydrogens is 129 g/mol. The lowest BCUT2D eigenvalue weighted by Crippen LogP contribution is -1.89. The van der Waals surface area contributed by atoms with Gasteiger partial charge in [0.15, 0.2) is 5.82 Å². The van der Waals surface area contributed by atoms with Gasteiger partial charge in [0.25, 0.3) is 0 Å². The molecular formula is C8H6FN. The molecule has 10 heavy (non-hydrogen) atoms. The van der Waals surface area contributed by atoms with E-state index in [0.717, 1.165) is 6.20 Å². The van der Waals surface area contributed by atoms with Crippen LogP contribution in [0.3, 0.4) is 0 Å². The van der Waals surface area contributed by atoms with Crippen LogP contribution in [-0.4, -0.2) is 4.98 Å². The lowest BCUT2D eigenvalue weighted by atomic mass is 10.2. The van der Waals surface area contributed by atoms with Crippen molar-refractivity contribution in [2.75, 3.05) is 0 Å². The molecule has 50 valence electrons. The van der Waals surface area contributed by atoms with Crippen molar-refractivity contribution < 1.29 is 4.39 Å². The second-order valence-electron chi connectivity index (χ2n) is 1.96. The van der Waals surface area contributed by atoms with Crippen LogP contribution in [0, 0.1) is 25.1 Å². The van der Waals surface area contributed by atoms with Crippen LogP contribution in [0.5, 0.6) is 0 Å². The summed E-state index contributed by atoms with van der Waals surface area (Å²) in [6.07, 6.45) is 7.69. The zero-order valence-corrected chi connectivity index (χ0v) is 5.56. The number of aromatic nitrogens is 1. The maximum absolute atomic E-state index is 12.6. The molecule has 0 unspecified atom stereocenters. The number of nitrogens with zero attached hydrogens (tertiary/aromatic N) is 1. The molecule has 1 aromatic heterocycles. The van der Waals surface area contributed by atoms with Crippen LogP contribution < -0.4 is 0 Å². The van der Waals surface area contributed by atoms with Crippen molar-refractivity contribution >= 4 is 0 Å². The highest BCUT2D eigenvalue weighted by molar-refractivity contribution is 5.37. The van der Waals surface area contributed by atoms with Gasteiger partial charge in [-0.25, -0.2) is 4.39 Å². The Morgan fingerprint density at radius 2 is 2.30 bits per heavy atom. The molecule has 1 nitrogen and oxygen atoms in total. The Bertz CT molecular complexity index is 266. The Kier molecular flexibility index (Phi) is 1.68. The first-order valence-corrected chi connectivity index (χ1v) is 2.82. The maximum atomic E-state index is 12.6. The molecule has 0 bridgehead atoms. The predicted molar refractivity (Wildman–Crippen MR) is 36.9 cm³/mol. The molecule has 0 aliphatic carbocycles.